The SMILES string of the molecule is N#C/C(=C\O)n1cnc2ncnc(N)c21. The fraction of sp³-hybridized carbons (Fsp3) is 0. The lowest BCUT2D eigenvalue weighted by atomic mass is 10.4. The van der Waals surface area contributed by atoms with E-state index in [2.05, 4.69) is 15.0 Å². The van der Waals surface area contributed by atoms with Gasteiger partial charge in [0.25, 0.3) is 0 Å². The minimum atomic E-state index is -0.000926. The first-order valence-corrected chi connectivity index (χ1v) is 3.96. The molecule has 74 valence electrons. The second kappa shape index (κ2) is 3.26. The molecule has 0 aliphatic rings. The van der Waals surface area contributed by atoms with Crippen LogP contribution >= 0.6 is 0 Å². The Morgan fingerprint density at radius 3 is 3.00 bits per heavy atom. The number of fused-ring (bicyclic) bond motifs is 1. The number of aliphatic hydroxyl groups is 1. The number of aromatic nitrogens is 4. The van der Waals surface area contributed by atoms with Crippen LogP contribution < -0.4 is 5.73 Å². The molecule has 0 unspecified atom stereocenters. The van der Waals surface area contributed by atoms with Crippen LogP contribution in [0.25, 0.3) is 16.9 Å². The van der Waals surface area contributed by atoms with Crippen LogP contribution in [0.5, 0.6) is 0 Å². The number of allylic oxidation sites excluding steroid dienone is 1. The average molecular weight is 202 g/mol. The van der Waals surface area contributed by atoms with Crippen LogP contribution in [0.1, 0.15) is 0 Å². The zero-order valence-corrected chi connectivity index (χ0v) is 7.49. The van der Waals surface area contributed by atoms with Gasteiger partial charge in [-0.1, -0.05) is 0 Å². The molecule has 7 heteroatoms. The first-order chi connectivity index (χ1) is 7.27. The third-order valence-corrected chi connectivity index (χ3v) is 1.86. The molecule has 0 saturated carbocycles. The highest BCUT2D eigenvalue weighted by Gasteiger charge is 2.10. The predicted octanol–water partition coefficient (Wildman–Crippen LogP) is 0.288. The molecule has 0 atom stereocenters. The Labute approximate surface area is 84.1 Å². The Bertz CT molecular complexity index is 578. The Morgan fingerprint density at radius 1 is 1.53 bits per heavy atom. The summed E-state index contributed by atoms with van der Waals surface area (Å²) in [4.78, 5) is 11.6. The summed E-state index contributed by atoms with van der Waals surface area (Å²) in [6.45, 7) is 0. The minimum Gasteiger partial charge on any atom is -0.513 e. The highest BCUT2D eigenvalue weighted by molar-refractivity contribution is 5.86. The van der Waals surface area contributed by atoms with Crippen LogP contribution in [-0.2, 0) is 0 Å². The van der Waals surface area contributed by atoms with Crippen molar-refractivity contribution in [2.24, 2.45) is 0 Å². The Kier molecular flexibility index (Phi) is 1.95. The van der Waals surface area contributed by atoms with Crippen molar-refractivity contribution in [1.29, 1.82) is 5.26 Å². The molecule has 7 nitrogen and oxygen atoms in total. The van der Waals surface area contributed by atoms with E-state index in [1.807, 2.05) is 0 Å². The molecule has 2 heterocycles. The van der Waals surface area contributed by atoms with Gasteiger partial charge in [-0.3, -0.25) is 4.57 Å². The first kappa shape index (κ1) is 8.96. The maximum atomic E-state index is 8.83. The number of nitrogen functional groups attached to an aromatic ring is 1. The lowest BCUT2D eigenvalue weighted by Gasteiger charge is -2.00. The van der Waals surface area contributed by atoms with E-state index in [-0.39, 0.29) is 11.5 Å². The van der Waals surface area contributed by atoms with Gasteiger partial charge >= 0.3 is 0 Å². The van der Waals surface area contributed by atoms with Gasteiger partial charge in [-0.25, -0.2) is 15.0 Å². The molecule has 0 fully saturated rings. The van der Waals surface area contributed by atoms with Gasteiger partial charge in [-0.2, -0.15) is 5.26 Å². The fourth-order valence-corrected chi connectivity index (χ4v) is 1.21. The van der Waals surface area contributed by atoms with E-state index >= 15 is 0 Å². The quantitative estimate of drug-likeness (QED) is 0.507. The van der Waals surface area contributed by atoms with Crippen molar-refractivity contribution in [2.75, 3.05) is 5.73 Å². The number of hydrogen-bond donors (Lipinski definition) is 2. The summed E-state index contributed by atoms with van der Waals surface area (Å²) in [5, 5.41) is 17.6. The van der Waals surface area contributed by atoms with Crippen LogP contribution in [-0.4, -0.2) is 24.6 Å². The molecule has 0 radical (unpaired) electrons. The van der Waals surface area contributed by atoms with Gasteiger partial charge in [0.1, 0.15) is 30.5 Å². The second-order valence-corrected chi connectivity index (χ2v) is 2.67. The number of aliphatic hydroxyl groups excluding tert-OH is 1. The molecular formula is C8H6N6O. The van der Waals surface area contributed by atoms with E-state index in [4.69, 9.17) is 16.1 Å². The van der Waals surface area contributed by atoms with Gasteiger partial charge in [0.15, 0.2) is 17.2 Å². The summed E-state index contributed by atoms with van der Waals surface area (Å²) in [5.41, 5.74) is 6.39. The van der Waals surface area contributed by atoms with Crippen LogP contribution in [0.4, 0.5) is 5.82 Å². The van der Waals surface area contributed by atoms with Gasteiger partial charge in [0.2, 0.25) is 0 Å². The molecule has 0 saturated heterocycles. The molecule has 0 aromatic carbocycles. The summed E-state index contributed by atoms with van der Waals surface area (Å²) in [6.07, 6.45) is 3.30. The highest BCUT2D eigenvalue weighted by Crippen LogP contribution is 2.18. The Morgan fingerprint density at radius 2 is 2.33 bits per heavy atom. The topological polar surface area (TPSA) is 114 Å². The molecule has 2 aromatic heterocycles. The van der Waals surface area contributed by atoms with Crippen LogP contribution in [0, 0.1) is 11.3 Å². The Hall–Kier alpha value is -2.62. The van der Waals surface area contributed by atoms with Gasteiger partial charge in [-0.15, -0.1) is 0 Å². The smallest absolute Gasteiger partial charge is 0.183 e. The van der Waals surface area contributed by atoms with E-state index in [1.54, 1.807) is 6.07 Å². The third kappa shape index (κ3) is 1.24. The van der Waals surface area contributed by atoms with Crippen molar-refractivity contribution >= 4 is 22.7 Å². The first-order valence-electron chi connectivity index (χ1n) is 3.96. The van der Waals surface area contributed by atoms with E-state index < -0.39 is 0 Å². The predicted molar refractivity (Wildman–Crippen MR) is 52.3 cm³/mol. The van der Waals surface area contributed by atoms with E-state index in [0.29, 0.717) is 17.4 Å². The van der Waals surface area contributed by atoms with Gasteiger partial charge in [0, 0.05) is 0 Å². The van der Waals surface area contributed by atoms with Crippen molar-refractivity contribution < 1.29 is 5.11 Å². The molecule has 3 N–H and O–H groups in total. The highest BCUT2D eigenvalue weighted by atomic mass is 16.2. The zero-order valence-electron chi connectivity index (χ0n) is 7.49. The molecule has 0 bridgehead atoms. The van der Waals surface area contributed by atoms with Crippen molar-refractivity contribution in [2.45, 2.75) is 0 Å². The average Bonchev–Trinajstić information content (AvgIpc) is 2.66. The largest absolute Gasteiger partial charge is 0.513 e. The maximum Gasteiger partial charge on any atom is 0.183 e. The van der Waals surface area contributed by atoms with E-state index in [1.165, 1.54) is 17.2 Å². The van der Waals surface area contributed by atoms with Gasteiger partial charge in [-0.05, 0) is 0 Å². The van der Waals surface area contributed by atoms with Crippen molar-refractivity contribution in [3.63, 3.8) is 0 Å². The van der Waals surface area contributed by atoms with E-state index in [9.17, 15) is 0 Å². The number of nitrogens with two attached hydrogens (primary N) is 1. The number of imidazole rings is 1. The van der Waals surface area contributed by atoms with Crippen LogP contribution in [0.2, 0.25) is 0 Å². The number of hydrogen-bond acceptors (Lipinski definition) is 6. The molecule has 2 rings (SSSR count). The van der Waals surface area contributed by atoms with Gasteiger partial charge < -0.3 is 10.8 Å². The Balaban J connectivity index is 2.79. The molecule has 0 aliphatic heterocycles. The summed E-state index contributed by atoms with van der Waals surface area (Å²) in [6, 6.07) is 1.80. The van der Waals surface area contributed by atoms with E-state index in [0.717, 1.165) is 0 Å². The fourth-order valence-electron chi connectivity index (χ4n) is 1.21. The second-order valence-electron chi connectivity index (χ2n) is 2.67. The summed E-state index contributed by atoms with van der Waals surface area (Å²) in [7, 11) is 0. The van der Waals surface area contributed by atoms with Crippen LogP contribution in [0.15, 0.2) is 18.9 Å². The lowest BCUT2D eigenvalue weighted by Crippen LogP contribution is -1.99. The van der Waals surface area contributed by atoms with Crippen molar-refractivity contribution in [1.82, 2.24) is 19.5 Å². The minimum absolute atomic E-state index is 0.000926. The lowest BCUT2D eigenvalue weighted by molar-refractivity contribution is 0.474. The molecule has 0 amide bonds. The molecule has 15 heavy (non-hydrogen) atoms. The summed E-state index contributed by atoms with van der Waals surface area (Å²) < 4.78 is 1.32. The summed E-state index contributed by atoms with van der Waals surface area (Å²) in [5.74, 6) is 0.201. The number of rotatable bonds is 1. The summed E-state index contributed by atoms with van der Waals surface area (Å²) >= 11 is 0. The normalized spacial score (nSPS) is 11.5. The number of nitrogens with zero attached hydrogens (tertiary/aromatic N) is 5. The number of anilines is 1. The standard InChI is InChI=1S/C8H6N6O/c9-1-5(2-15)14-4-13-8-6(14)7(10)11-3-12-8/h2-4,15H,(H2,10,11,12)/b5-2+. The molecule has 2 aromatic rings. The van der Waals surface area contributed by atoms with Crippen molar-refractivity contribution in [3.8, 4) is 6.07 Å². The zero-order chi connectivity index (χ0) is 10.8. The molecule has 0 aliphatic carbocycles. The van der Waals surface area contributed by atoms with Crippen LogP contribution in [0.3, 0.4) is 0 Å². The van der Waals surface area contributed by atoms with Gasteiger partial charge in [0.05, 0.1) is 0 Å². The van der Waals surface area contributed by atoms with Crippen molar-refractivity contribution in [3.05, 3.63) is 18.9 Å². The monoisotopic (exact) mass is 202 g/mol. The molecule has 0 spiro atoms. The third-order valence-electron chi connectivity index (χ3n) is 1.86. The number of nitriles is 1. The molecular weight excluding hydrogens is 196 g/mol. The maximum absolute atomic E-state index is 8.83.